The second-order valence-corrected chi connectivity index (χ2v) is 2.86. The molecule has 0 amide bonds. The highest BCUT2D eigenvalue weighted by atomic mass is 16.5. The third kappa shape index (κ3) is 3.16. The van der Waals surface area contributed by atoms with Crippen molar-refractivity contribution in [1.82, 2.24) is 5.32 Å². The fraction of sp³-hybridized carbons (Fsp3) is 0.300. The Morgan fingerprint density at radius 2 is 2.14 bits per heavy atom. The maximum atomic E-state index is 11.1. The van der Waals surface area contributed by atoms with Gasteiger partial charge in [0.2, 0.25) is 0 Å². The summed E-state index contributed by atoms with van der Waals surface area (Å²) in [6.07, 6.45) is -0.751. The van der Waals surface area contributed by atoms with Crippen molar-refractivity contribution in [3.05, 3.63) is 35.9 Å². The molecule has 0 aliphatic heterocycles. The van der Waals surface area contributed by atoms with Crippen LogP contribution in [0, 0.1) is 0 Å². The molecule has 0 radical (unpaired) electrons. The summed E-state index contributed by atoms with van der Waals surface area (Å²) < 4.78 is 4.95. The van der Waals surface area contributed by atoms with Crippen LogP contribution in [0.25, 0.3) is 0 Å². The minimum Gasteiger partial charge on any atom is -0.459 e. The van der Waals surface area contributed by atoms with Gasteiger partial charge in [-0.25, -0.2) is 4.79 Å². The lowest BCUT2D eigenvalue weighted by Gasteiger charge is -2.09. The second kappa shape index (κ2) is 5.36. The quantitative estimate of drug-likeness (QED) is 0.532. The maximum absolute atomic E-state index is 11.1. The van der Waals surface area contributed by atoms with Gasteiger partial charge in [0.1, 0.15) is 6.61 Å². The summed E-state index contributed by atoms with van der Waals surface area (Å²) in [6.45, 7) is 0.259. The molecule has 1 atom stereocenters. The number of benzene rings is 1. The first-order valence-corrected chi connectivity index (χ1v) is 4.37. The zero-order valence-corrected chi connectivity index (χ0v) is 8.07. The first-order chi connectivity index (χ1) is 6.74. The number of nitrogens with two attached hydrogens (primary N) is 1. The molecule has 0 aromatic heterocycles. The molecular formula is C10H14N2O2. The zero-order chi connectivity index (χ0) is 10.4. The summed E-state index contributed by atoms with van der Waals surface area (Å²) >= 11 is 0. The highest BCUT2D eigenvalue weighted by Crippen LogP contribution is 2.00. The molecule has 3 N–H and O–H groups in total. The number of likely N-dealkylation sites (N-methyl/N-ethyl adjacent to an activating group) is 1. The van der Waals surface area contributed by atoms with Gasteiger partial charge in [0.25, 0.3) is 0 Å². The highest BCUT2D eigenvalue weighted by Gasteiger charge is 2.11. The lowest BCUT2D eigenvalue weighted by Crippen LogP contribution is -2.43. The fourth-order valence-electron chi connectivity index (χ4n) is 0.936. The van der Waals surface area contributed by atoms with E-state index in [4.69, 9.17) is 10.5 Å². The number of hydrogen-bond donors (Lipinski definition) is 2. The summed E-state index contributed by atoms with van der Waals surface area (Å²) in [5.74, 6) is -0.448. The molecule has 0 heterocycles. The lowest BCUT2D eigenvalue weighted by atomic mass is 10.2. The minimum absolute atomic E-state index is 0.259. The summed E-state index contributed by atoms with van der Waals surface area (Å²) in [5.41, 5.74) is 6.34. The van der Waals surface area contributed by atoms with E-state index >= 15 is 0 Å². The van der Waals surface area contributed by atoms with Crippen molar-refractivity contribution in [1.29, 1.82) is 0 Å². The van der Waals surface area contributed by atoms with E-state index in [-0.39, 0.29) is 6.61 Å². The third-order valence-corrected chi connectivity index (χ3v) is 1.79. The monoisotopic (exact) mass is 194 g/mol. The number of hydrogen-bond acceptors (Lipinski definition) is 4. The van der Waals surface area contributed by atoms with E-state index in [1.165, 1.54) is 0 Å². The van der Waals surface area contributed by atoms with Crippen molar-refractivity contribution in [2.45, 2.75) is 12.8 Å². The van der Waals surface area contributed by atoms with E-state index < -0.39 is 12.1 Å². The second-order valence-electron chi connectivity index (χ2n) is 2.86. The number of esters is 1. The van der Waals surface area contributed by atoms with Crippen molar-refractivity contribution in [3.8, 4) is 0 Å². The topological polar surface area (TPSA) is 64.3 Å². The van der Waals surface area contributed by atoms with Gasteiger partial charge in [0, 0.05) is 0 Å². The van der Waals surface area contributed by atoms with Crippen LogP contribution in [0.1, 0.15) is 5.56 Å². The van der Waals surface area contributed by atoms with E-state index in [0.29, 0.717) is 0 Å². The largest absolute Gasteiger partial charge is 0.459 e. The molecule has 4 heteroatoms. The molecule has 0 aliphatic carbocycles. The molecule has 0 fully saturated rings. The Balaban J connectivity index is 2.38. The smallest absolute Gasteiger partial charge is 0.338 e. The molecule has 1 aromatic carbocycles. The van der Waals surface area contributed by atoms with E-state index in [1.807, 2.05) is 30.3 Å². The van der Waals surface area contributed by atoms with Gasteiger partial charge in [-0.1, -0.05) is 30.3 Å². The van der Waals surface area contributed by atoms with Gasteiger partial charge in [-0.05, 0) is 12.6 Å². The number of rotatable bonds is 4. The molecule has 14 heavy (non-hydrogen) atoms. The Hall–Kier alpha value is -1.39. The lowest BCUT2D eigenvalue weighted by molar-refractivity contribution is -0.147. The van der Waals surface area contributed by atoms with Crippen molar-refractivity contribution < 1.29 is 9.53 Å². The average molecular weight is 194 g/mol. The molecule has 1 aromatic rings. The number of nitrogens with one attached hydrogen (secondary N) is 1. The van der Waals surface area contributed by atoms with Crippen LogP contribution in [0.4, 0.5) is 0 Å². The van der Waals surface area contributed by atoms with Gasteiger partial charge in [-0.2, -0.15) is 0 Å². The minimum atomic E-state index is -0.751. The van der Waals surface area contributed by atoms with Gasteiger partial charge >= 0.3 is 5.97 Å². The van der Waals surface area contributed by atoms with Gasteiger partial charge < -0.3 is 10.5 Å². The SMILES string of the molecule is CN[C@@H](N)C(=O)OCc1ccccc1. The van der Waals surface area contributed by atoms with Crippen molar-refractivity contribution >= 4 is 5.97 Å². The summed E-state index contributed by atoms with van der Waals surface area (Å²) in [7, 11) is 1.61. The molecule has 1 rings (SSSR count). The predicted octanol–water partition coefficient (Wildman–Crippen LogP) is 0.234. The Bertz CT molecular complexity index is 287. The molecule has 0 saturated carbocycles. The van der Waals surface area contributed by atoms with Crippen LogP contribution in [0.15, 0.2) is 30.3 Å². The standard InChI is InChI=1S/C10H14N2O2/c1-12-9(11)10(13)14-7-8-5-3-2-4-6-8/h2-6,9,12H,7,11H2,1H3/t9-/m1/s1. The van der Waals surface area contributed by atoms with E-state index in [1.54, 1.807) is 7.05 Å². The summed E-state index contributed by atoms with van der Waals surface area (Å²) in [5, 5.41) is 2.60. The first kappa shape index (κ1) is 10.7. The van der Waals surface area contributed by atoms with E-state index in [2.05, 4.69) is 5.32 Å². The fourth-order valence-corrected chi connectivity index (χ4v) is 0.936. The Morgan fingerprint density at radius 1 is 1.50 bits per heavy atom. The highest BCUT2D eigenvalue weighted by molar-refractivity contribution is 5.74. The van der Waals surface area contributed by atoms with Crippen LogP contribution in [-0.4, -0.2) is 19.2 Å². The van der Waals surface area contributed by atoms with Crippen LogP contribution < -0.4 is 11.1 Å². The molecule has 0 aliphatic rings. The average Bonchev–Trinajstić information content (AvgIpc) is 2.26. The van der Waals surface area contributed by atoms with Crippen LogP contribution in [-0.2, 0) is 16.1 Å². The van der Waals surface area contributed by atoms with Gasteiger partial charge in [0.05, 0.1) is 0 Å². The van der Waals surface area contributed by atoms with Crippen LogP contribution in [0.3, 0.4) is 0 Å². The van der Waals surface area contributed by atoms with Crippen LogP contribution in [0.2, 0.25) is 0 Å². The number of ether oxygens (including phenoxy) is 1. The normalized spacial score (nSPS) is 12.1. The molecule has 0 unspecified atom stereocenters. The summed E-state index contributed by atoms with van der Waals surface area (Å²) in [6, 6.07) is 9.46. The Kier molecular flexibility index (Phi) is 4.10. The molecular weight excluding hydrogens is 180 g/mol. The molecule has 0 spiro atoms. The molecule has 0 saturated heterocycles. The zero-order valence-electron chi connectivity index (χ0n) is 8.07. The molecule has 76 valence electrons. The first-order valence-electron chi connectivity index (χ1n) is 4.37. The number of carbonyl (C=O) groups is 1. The van der Waals surface area contributed by atoms with Crippen molar-refractivity contribution in [2.75, 3.05) is 7.05 Å². The van der Waals surface area contributed by atoms with Gasteiger partial charge in [-0.15, -0.1) is 0 Å². The molecule has 0 bridgehead atoms. The van der Waals surface area contributed by atoms with E-state index in [0.717, 1.165) is 5.56 Å². The van der Waals surface area contributed by atoms with Crippen LogP contribution >= 0.6 is 0 Å². The Labute approximate surface area is 83.1 Å². The van der Waals surface area contributed by atoms with Gasteiger partial charge in [-0.3, -0.25) is 5.32 Å². The molecule has 4 nitrogen and oxygen atoms in total. The van der Waals surface area contributed by atoms with Crippen molar-refractivity contribution in [2.24, 2.45) is 5.73 Å². The van der Waals surface area contributed by atoms with Crippen LogP contribution in [0.5, 0.6) is 0 Å². The number of carbonyl (C=O) groups excluding carboxylic acids is 1. The van der Waals surface area contributed by atoms with E-state index in [9.17, 15) is 4.79 Å². The van der Waals surface area contributed by atoms with Crippen molar-refractivity contribution in [3.63, 3.8) is 0 Å². The predicted molar refractivity (Wildman–Crippen MR) is 53.3 cm³/mol. The maximum Gasteiger partial charge on any atom is 0.338 e. The summed E-state index contributed by atoms with van der Waals surface area (Å²) in [4.78, 5) is 11.1. The van der Waals surface area contributed by atoms with Gasteiger partial charge in [0.15, 0.2) is 6.17 Å². The Morgan fingerprint density at radius 3 is 2.71 bits per heavy atom. The third-order valence-electron chi connectivity index (χ3n) is 1.79.